The number of anilines is 1. The lowest BCUT2D eigenvalue weighted by Gasteiger charge is -2.25. The van der Waals surface area contributed by atoms with Gasteiger partial charge in [0.2, 0.25) is 0 Å². The molecule has 21 heavy (non-hydrogen) atoms. The standard InChI is InChI=1S/C13H17F3N2O3/c1-4-18(5-6-19)11-10(12(20)21-3)8(2)9(7-17-11)13(14,15)16/h7,19H,4-6H2,1-3H3. The van der Waals surface area contributed by atoms with Crippen LogP contribution in [0.15, 0.2) is 6.20 Å². The summed E-state index contributed by atoms with van der Waals surface area (Å²) in [5.74, 6) is -0.818. The van der Waals surface area contributed by atoms with E-state index < -0.39 is 17.7 Å². The normalized spacial score (nSPS) is 11.4. The first kappa shape index (κ1) is 17.2. The number of alkyl halides is 3. The Labute approximate surface area is 120 Å². The van der Waals surface area contributed by atoms with Crippen LogP contribution >= 0.6 is 0 Å². The fourth-order valence-electron chi connectivity index (χ4n) is 2.00. The van der Waals surface area contributed by atoms with Crippen LogP contribution in [0, 0.1) is 6.92 Å². The first-order valence-corrected chi connectivity index (χ1v) is 6.28. The van der Waals surface area contributed by atoms with Gasteiger partial charge in [0, 0.05) is 19.3 Å². The Morgan fingerprint density at radius 1 is 1.48 bits per heavy atom. The minimum absolute atomic E-state index is 0.0731. The summed E-state index contributed by atoms with van der Waals surface area (Å²) in [6.45, 7) is 3.26. The molecule has 0 unspecified atom stereocenters. The summed E-state index contributed by atoms with van der Waals surface area (Å²) in [5.41, 5.74) is -1.45. The van der Waals surface area contributed by atoms with E-state index in [4.69, 9.17) is 5.11 Å². The minimum atomic E-state index is -4.60. The lowest BCUT2D eigenvalue weighted by Crippen LogP contribution is -2.30. The van der Waals surface area contributed by atoms with Crippen LogP contribution in [0.4, 0.5) is 19.0 Å². The monoisotopic (exact) mass is 306 g/mol. The molecule has 118 valence electrons. The molecule has 0 bridgehead atoms. The third-order valence-corrected chi connectivity index (χ3v) is 3.06. The van der Waals surface area contributed by atoms with Crippen LogP contribution in [0.25, 0.3) is 0 Å². The van der Waals surface area contributed by atoms with Crippen LogP contribution in [0.5, 0.6) is 0 Å². The van der Waals surface area contributed by atoms with Crippen LogP contribution in [-0.2, 0) is 10.9 Å². The van der Waals surface area contributed by atoms with Crippen molar-refractivity contribution in [2.24, 2.45) is 0 Å². The van der Waals surface area contributed by atoms with Crippen molar-refractivity contribution in [1.82, 2.24) is 4.98 Å². The highest BCUT2D eigenvalue weighted by molar-refractivity contribution is 5.96. The summed E-state index contributed by atoms with van der Waals surface area (Å²) in [6, 6.07) is 0. The first-order chi connectivity index (χ1) is 9.77. The molecule has 1 aromatic heterocycles. The van der Waals surface area contributed by atoms with Gasteiger partial charge in [-0.25, -0.2) is 9.78 Å². The van der Waals surface area contributed by atoms with Crippen LogP contribution in [0.3, 0.4) is 0 Å². The number of aromatic nitrogens is 1. The molecule has 0 aliphatic heterocycles. The van der Waals surface area contributed by atoms with E-state index in [1.165, 1.54) is 11.8 Å². The predicted octanol–water partition coefficient (Wildman–Crippen LogP) is 2.01. The summed E-state index contributed by atoms with van der Waals surface area (Å²) in [6.07, 6.45) is -3.91. The smallest absolute Gasteiger partial charge is 0.418 e. The summed E-state index contributed by atoms with van der Waals surface area (Å²) < 4.78 is 43.3. The Bertz CT molecular complexity index is 518. The second kappa shape index (κ2) is 6.75. The fraction of sp³-hybridized carbons (Fsp3) is 0.538. The van der Waals surface area contributed by atoms with Gasteiger partial charge in [0.1, 0.15) is 11.4 Å². The lowest BCUT2D eigenvalue weighted by atomic mass is 10.0. The minimum Gasteiger partial charge on any atom is -0.465 e. The maximum absolute atomic E-state index is 12.9. The summed E-state index contributed by atoms with van der Waals surface area (Å²) in [7, 11) is 1.09. The number of carbonyl (C=O) groups is 1. The summed E-state index contributed by atoms with van der Waals surface area (Å²) in [5, 5.41) is 9.00. The Balaban J connectivity index is 3.52. The highest BCUT2D eigenvalue weighted by Gasteiger charge is 2.36. The average molecular weight is 306 g/mol. The zero-order valence-electron chi connectivity index (χ0n) is 12.0. The first-order valence-electron chi connectivity index (χ1n) is 6.28. The number of aliphatic hydroxyl groups is 1. The molecular formula is C13H17F3N2O3. The molecule has 1 N–H and O–H groups in total. The third kappa shape index (κ3) is 3.63. The largest absolute Gasteiger partial charge is 0.465 e. The predicted molar refractivity (Wildman–Crippen MR) is 70.3 cm³/mol. The molecule has 1 heterocycles. The zero-order valence-corrected chi connectivity index (χ0v) is 12.0. The number of halogens is 3. The van der Waals surface area contributed by atoms with Gasteiger partial charge in [-0.05, 0) is 19.4 Å². The molecule has 1 aromatic rings. The van der Waals surface area contributed by atoms with Crippen molar-refractivity contribution >= 4 is 11.8 Å². The van der Waals surface area contributed by atoms with E-state index in [2.05, 4.69) is 9.72 Å². The van der Waals surface area contributed by atoms with Crippen molar-refractivity contribution in [3.05, 3.63) is 22.9 Å². The molecule has 5 nitrogen and oxygen atoms in total. The molecule has 0 aliphatic carbocycles. The van der Waals surface area contributed by atoms with Gasteiger partial charge >= 0.3 is 12.1 Å². The van der Waals surface area contributed by atoms with Gasteiger partial charge in [-0.15, -0.1) is 0 Å². The van der Waals surface area contributed by atoms with Gasteiger partial charge in [0.15, 0.2) is 0 Å². The number of likely N-dealkylation sites (N-methyl/N-ethyl adjacent to an activating group) is 1. The SMILES string of the molecule is CCN(CCO)c1ncc(C(F)(F)F)c(C)c1C(=O)OC. The average Bonchev–Trinajstić information content (AvgIpc) is 2.42. The number of esters is 1. The number of pyridine rings is 1. The van der Waals surface area contributed by atoms with Crippen molar-refractivity contribution < 1.29 is 27.8 Å². The topological polar surface area (TPSA) is 62.7 Å². The molecule has 0 spiro atoms. The van der Waals surface area contributed by atoms with Gasteiger partial charge in [0.25, 0.3) is 0 Å². The second-order valence-corrected chi connectivity index (χ2v) is 4.29. The van der Waals surface area contributed by atoms with Crippen molar-refractivity contribution in [2.75, 3.05) is 31.7 Å². The van der Waals surface area contributed by atoms with E-state index in [0.29, 0.717) is 12.7 Å². The molecule has 8 heteroatoms. The van der Waals surface area contributed by atoms with Gasteiger partial charge in [0.05, 0.1) is 19.3 Å². The molecule has 1 rings (SSSR count). The molecule has 0 amide bonds. The Morgan fingerprint density at radius 3 is 2.52 bits per heavy atom. The molecule has 0 aliphatic rings. The lowest BCUT2D eigenvalue weighted by molar-refractivity contribution is -0.138. The molecule has 0 saturated heterocycles. The van der Waals surface area contributed by atoms with E-state index in [0.717, 1.165) is 7.11 Å². The van der Waals surface area contributed by atoms with Crippen molar-refractivity contribution in [3.63, 3.8) is 0 Å². The van der Waals surface area contributed by atoms with Crippen molar-refractivity contribution in [2.45, 2.75) is 20.0 Å². The van der Waals surface area contributed by atoms with Crippen LogP contribution in [0.2, 0.25) is 0 Å². The summed E-state index contributed by atoms with van der Waals surface area (Å²) >= 11 is 0. The second-order valence-electron chi connectivity index (χ2n) is 4.29. The van der Waals surface area contributed by atoms with Gasteiger partial charge < -0.3 is 14.7 Å². The molecule has 0 atom stereocenters. The van der Waals surface area contributed by atoms with Gasteiger partial charge in [-0.3, -0.25) is 0 Å². The number of methoxy groups -OCH3 is 1. The third-order valence-electron chi connectivity index (χ3n) is 3.06. The van der Waals surface area contributed by atoms with Crippen LogP contribution in [0.1, 0.15) is 28.4 Å². The molecule has 0 fully saturated rings. The van der Waals surface area contributed by atoms with E-state index in [1.807, 2.05) is 0 Å². The zero-order chi connectivity index (χ0) is 16.2. The molecule has 0 radical (unpaired) electrons. The number of carbonyl (C=O) groups excluding carboxylic acids is 1. The van der Waals surface area contributed by atoms with E-state index in [1.54, 1.807) is 6.92 Å². The van der Waals surface area contributed by atoms with E-state index >= 15 is 0 Å². The van der Waals surface area contributed by atoms with Crippen molar-refractivity contribution in [3.8, 4) is 0 Å². The maximum atomic E-state index is 12.9. The Kier molecular flexibility index (Phi) is 5.54. The number of rotatable bonds is 5. The van der Waals surface area contributed by atoms with Gasteiger partial charge in [-0.1, -0.05) is 0 Å². The Hall–Kier alpha value is -1.83. The highest BCUT2D eigenvalue weighted by Crippen LogP contribution is 2.35. The maximum Gasteiger partial charge on any atom is 0.418 e. The number of aliphatic hydroxyl groups excluding tert-OH is 1. The van der Waals surface area contributed by atoms with Crippen LogP contribution in [-0.4, -0.2) is 42.9 Å². The highest BCUT2D eigenvalue weighted by atomic mass is 19.4. The number of hydrogen-bond acceptors (Lipinski definition) is 5. The number of hydrogen-bond donors (Lipinski definition) is 1. The Morgan fingerprint density at radius 2 is 2.10 bits per heavy atom. The van der Waals surface area contributed by atoms with E-state index in [9.17, 15) is 18.0 Å². The molecule has 0 aromatic carbocycles. The quantitative estimate of drug-likeness (QED) is 0.843. The van der Waals surface area contributed by atoms with Crippen molar-refractivity contribution in [1.29, 1.82) is 0 Å². The number of nitrogens with zero attached hydrogens (tertiary/aromatic N) is 2. The summed E-state index contributed by atoms with van der Waals surface area (Å²) in [4.78, 5) is 17.1. The van der Waals surface area contributed by atoms with Crippen LogP contribution < -0.4 is 4.90 Å². The number of ether oxygens (including phenoxy) is 1. The fourth-order valence-corrected chi connectivity index (χ4v) is 2.00. The molecule has 0 saturated carbocycles. The molecular weight excluding hydrogens is 289 g/mol. The van der Waals surface area contributed by atoms with E-state index in [-0.39, 0.29) is 30.1 Å². The van der Waals surface area contributed by atoms with Gasteiger partial charge in [-0.2, -0.15) is 13.2 Å².